The summed E-state index contributed by atoms with van der Waals surface area (Å²) >= 11 is 0. The van der Waals surface area contributed by atoms with E-state index in [1.807, 2.05) is 43.0 Å². The minimum Gasteiger partial charge on any atom is -0.493 e. The molecule has 3 rings (SSSR count). The van der Waals surface area contributed by atoms with Crippen molar-refractivity contribution in [2.75, 3.05) is 6.61 Å². The van der Waals surface area contributed by atoms with E-state index in [4.69, 9.17) is 9.15 Å². The molecule has 0 aliphatic heterocycles. The number of hydrogen-bond acceptors (Lipinski definition) is 3. The van der Waals surface area contributed by atoms with Crippen LogP contribution in [0.1, 0.15) is 49.1 Å². The van der Waals surface area contributed by atoms with E-state index in [1.54, 1.807) is 6.26 Å². The van der Waals surface area contributed by atoms with Gasteiger partial charge in [0, 0.05) is 6.04 Å². The molecule has 1 aromatic carbocycles. The first-order valence-corrected chi connectivity index (χ1v) is 8.61. The number of nitrogens with zero attached hydrogens (tertiary/aromatic N) is 1. The molecular formula is C20H25NO3. The van der Waals surface area contributed by atoms with E-state index in [0.717, 1.165) is 29.9 Å². The summed E-state index contributed by atoms with van der Waals surface area (Å²) in [4.78, 5) is 14.7. The van der Waals surface area contributed by atoms with Gasteiger partial charge in [-0.2, -0.15) is 0 Å². The first kappa shape index (κ1) is 16.6. The largest absolute Gasteiger partial charge is 0.493 e. The number of benzene rings is 1. The maximum absolute atomic E-state index is 12.7. The van der Waals surface area contributed by atoms with Crippen LogP contribution in [0.25, 0.3) is 0 Å². The van der Waals surface area contributed by atoms with Gasteiger partial charge in [-0.1, -0.05) is 17.7 Å². The number of aryl methyl sites for hydroxylation is 2. The minimum atomic E-state index is -0.0267. The third kappa shape index (κ3) is 3.81. The van der Waals surface area contributed by atoms with Crippen LogP contribution in [-0.2, 0) is 4.79 Å². The molecule has 1 heterocycles. The summed E-state index contributed by atoms with van der Waals surface area (Å²) in [5.41, 5.74) is 2.31. The zero-order valence-electron chi connectivity index (χ0n) is 14.6. The third-order valence-electron chi connectivity index (χ3n) is 4.50. The lowest BCUT2D eigenvalue weighted by atomic mass is 10.1. The molecule has 0 saturated heterocycles. The molecule has 2 aromatic rings. The second-order valence-corrected chi connectivity index (χ2v) is 6.59. The van der Waals surface area contributed by atoms with Crippen molar-refractivity contribution in [2.24, 2.45) is 0 Å². The van der Waals surface area contributed by atoms with Crippen molar-refractivity contribution in [3.05, 3.63) is 53.5 Å². The highest BCUT2D eigenvalue weighted by molar-refractivity contribution is 5.77. The quantitative estimate of drug-likeness (QED) is 0.756. The topological polar surface area (TPSA) is 42.7 Å². The Labute approximate surface area is 143 Å². The van der Waals surface area contributed by atoms with E-state index >= 15 is 0 Å². The van der Waals surface area contributed by atoms with Crippen LogP contribution in [0, 0.1) is 13.8 Å². The fourth-order valence-electron chi connectivity index (χ4n) is 3.09. The van der Waals surface area contributed by atoms with Gasteiger partial charge in [0.1, 0.15) is 11.5 Å². The number of carbonyl (C=O) groups excluding carboxylic acids is 1. The molecule has 1 unspecified atom stereocenters. The minimum absolute atomic E-state index is 0.0267. The number of carbonyl (C=O) groups is 1. The Morgan fingerprint density at radius 3 is 2.75 bits per heavy atom. The van der Waals surface area contributed by atoms with Crippen molar-refractivity contribution in [2.45, 2.75) is 52.1 Å². The summed E-state index contributed by atoms with van der Waals surface area (Å²) in [7, 11) is 0. The van der Waals surface area contributed by atoms with Gasteiger partial charge in [-0.3, -0.25) is 4.79 Å². The summed E-state index contributed by atoms with van der Waals surface area (Å²) < 4.78 is 11.3. The van der Waals surface area contributed by atoms with E-state index in [9.17, 15) is 4.79 Å². The Morgan fingerprint density at radius 1 is 1.33 bits per heavy atom. The van der Waals surface area contributed by atoms with Gasteiger partial charge in [-0.25, -0.2) is 0 Å². The SMILES string of the molecule is Cc1ccc(OCCC(=O)N(C2CC2)C(C)c2ccco2)c(C)c1. The van der Waals surface area contributed by atoms with Gasteiger partial charge in [-0.05, 0) is 57.4 Å². The molecule has 4 nitrogen and oxygen atoms in total. The number of furan rings is 1. The van der Waals surface area contributed by atoms with Crippen LogP contribution in [-0.4, -0.2) is 23.5 Å². The van der Waals surface area contributed by atoms with Crippen LogP contribution in [0.15, 0.2) is 41.0 Å². The Morgan fingerprint density at radius 2 is 2.12 bits per heavy atom. The second kappa shape index (κ2) is 7.12. The number of amides is 1. The molecule has 0 N–H and O–H groups in total. The smallest absolute Gasteiger partial charge is 0.226 e. The Hall–Kier alpha value is -2.23. The van der Waals surface area contributed by atoms with Crippen molar-refractivity contribution in [3.8, 4) is 5.75 Å². The Bertz CT molecular complexity index is 689. The molecule has 128 valence electrons. The van der Waals surface area contributed by atoms with E-state index in [1.165, 1.54) is 5.56 Å². The molecule has 0 radical (unpaired) electrons. The van der Waals surface area contributed by atoms with Crippen LogP contribution in [0.2, 0.25) is 0 Å². The average Bonchev–Trinajstić information content (AvgIpc) is 3.21. The fourth-order valence-corrected chi connectivity index (χ4v) is 3.09. The molecule has 1 saturated carbocycles. The third-order valence-corrected chi connectivity index (χ3v) is 4.50. The second-order valence-electron chi connectivity index (χ2n) is 6.59. The van der Waals surface area contributed by atoms with Crippen molar-refractivity contribution >= 4 is 5.91 Å². The molecule has 1 aliphatic rings. The lowest BCUT2D eigenvalue weighted by Gasteiger charge is -2.28. The van der Waals surface area contributed by atoms with Gasteiger partial charge >= 0.3 is 0 Å². The predicted molar refractivity (Wildman–Crippen MR) is 93.0 cm³/mol. The van der Waals surface area contributed by atoms with Crippen molar-refractivity contribution in [3.63, 3.8) is 0 Å². The van der Waals surface area contributed by atoms with Crippen LogP contribution in [0.4, 0.5) is 0 Å². The first-order chi connectivity index (χ1) is 11.6. The number of rotatable bonds is 7. The zero-order valence-corrected chi connectivity index (χ0v) is 14.6. The van der Waals surface area contributed by atoms with Crippen LogP contribution >= 0.6 is 0 Å². The monoisotopic (exact) mass is 327 g/mol. The van der Waals surface area contributed by atoms with Crippen LogP contribution in [0.5, 0.6) is 5.75 Å². The maximum atomic E-state index is 12.7. The maximum Gasteiger partial charge on any atom is 0.226 e. The summed E-state index contributed by atoms with van der Waals surface area (Å²) in [6.45, 7) is 6.51. The zero-order chi connectivity index (χ0) is 17.1. The van der Waals surface area contributed by atoms with Crippen LogP contribution < -0.4 is 4.74 Å². The molecule has 0 spiro atoms. The van der Waals surface area contributed by atoms with Gasteiger partial charge in [0.2, 0.25) is 5.91 Å². The van der Waals surface area contributed by atoms with Gasteiger partial charge in [0.25, 0.3) is 0 Å². The molecular weight excluding hydrogens is 302 g/mol. The van der Waals surface area contributed by atoms with Gasteiger partial charge in [0.05, 0.1) is 25.3 Å². The van der Waals surface area contributed by atoms with Gasteiger partial charge in [-0.15, -0.1) is 0 Å². The number of ether oxygens (including phenoxy) is 1. The predicted octanol–water partition coefficient (Wildman–Crippen LogP) is 4.42. The molecule has 1 atom stereocenters. The highest BCUT2D eigenvalue weighted by Crippen LogP contribution is 2.35. The normalized spacial score (nSPS) is 15.1. The van der Waals surface area contributed by atoms with Gasteiger partial charge < -0.3 is 14.1 Å². The molecule has 4 heteroatoms. The van der Waals surface area contributed by atoms with E-state index < -0.39 is 0 Å². The molecule has 0 bridgehead atoms. The molecule has 1 amide bonds. The first-order valence-electron chi connectivity index (χ1n) is 8.61. The molecule has 1 fully saturated rings. The highest BCUT2D eigenvalue weighted by atomic mass is 16.5. The van der Waals surface area contributed by atoms with Crippen molar-refractivity contribution in [1.29, 1.82) is 0 Å². The standard InChI is InChI=1S/C20H25NO3/c1-14-6-9-18(15(2)13-14)24-12-10-20(22)21(17-7-8-17)16(3)19-5-4-11-23-19/h4-6,9,11,13,16-17H,7-8,10,12H2,1-3H3. The molecule has 24 heavy (non-hydrogen) atoms. The fraction of sp³-hybridized carbons (Fsp3) is 0.450. The summed E-state index contributed by atoms with van der Waals surface area (Å²) in [5.74, 6) is 1.82. The van der Waals surface area contributed by atoms with Crippen molar-refractivity contribution in [1.82, 2.24) is 4.90 Å². The molecule has 1 aromatic heterocycles. The van der Waals surface area contributed by atoms with Gasteiger partial charge in [0.15, 0.2) is 0 Å². The summed E-state index contributed by atoms with van der Waals surface area (Å²) in [6, 6.07) is 10.2. The van der Waals surface area contributed by atoms with E-state index in [2.05, 4.69) is 13.0 Å². The Kier molecular flexibility index (Phi) is 4.93. The highest BCUT2D eigenvalue weighted by Gasteiger charge is 2.36. The van der Waals surface area contributed by atoms with E-state index in [0.29, 0.717) is 19.1 Å². The lowest BCUT2D eigenvalue weighted by Crippen LogP contribution is -2.36. The Balaban J connectivity index is 1.58. The van der Waals surface area contributed by atoms with Crippen molar-refractivity contribution < 1.29 is 13.9 Å². The summed E-state index contributed by atoms with van der Waals surface area (Å²) in [6.07, 6.45) is 4.20. The molecule has 1 aliphatic carbocycles. The van der Waals surface area contributed by atoms with E-state index in [-0.39, 0.29) is 11.9 Å². The lowest BCUT2D eigenvalue weighted by molar-refractivity contribution is -0.135. The number of hydrogen-bond donors (Lipinski definition) is 0. The summed E-state index contributed by atoms with van der Waals surface area (Å²) in [5, 5.41) is 0. The van der Waals surface area contributed by atoms with Crippen LogP contribution in [0.3, 0.4) is 0 Å². The average molecular weight is 327 g/mol.